The molecule has 0 aliphatic carbocycles. The highest BCUT2D eigenvalue weighted by Gasteiger charge is 2.17. The Morgan fingerprint density at radius 1 is 1.25 bits per heavy atom. The number of nitrogens with zero attached hydrogens (tertiary/aromatic N) is 3. The molecule has 0 fully saturated rings. The smallest absolute Gasteiger partial charge is 0.223 e. The zero-order valence-electron chi connectivity index (χ0n) is 15.0. The molecule has 0 aliphatic heterocycles. The van der Waals surface area contributed by atoms with Gasteiger partial charge in [-0.25, -0.2) is 0 Å². The Labute approximate surface area is 144 Å². The minimum absolute atomic E-state index is 0.165. The lowest BCUT2D eigenvalue weighted by molar-refractivity contribution is -0.133. The van der Waals surface area contributed by atoms with Crippen LogP contribution in [0.25, 0.3) is 0 Å². The number of ether oxygens (including phenoxy) is 1. The van der Waals surface area contributed by atoms with E-state index in [1.165, 1.54) is 0 Å². The molecule has 0 unspecified atom stereocenters. The second kappa shape index (κ2) is 8.52. The van der Waals surface area contributed by atoms with Crippen LogP contribution in [0.15, 0.2) is 36.7 Å². The maximum Gasteiger partial charge on any atom is 0.223 e. The summed E-state index contributed by atoms with van der Waals surface area (Å²) in [5.41, 5.74) is 2.21. The van der Waals surface area contributed by atoms with Crippen LogP contribution in [0, 0.1) is 0 Å². The fourth-order valence-electron chi connectivity index (χ4n) is 2.62. The Bertz CT molecular complexity index is 647. The van der Waals surface area contributed by atoms with Crippen LogP contribution >= 0.6 is 0 Å². The standard InChI is InChI=1S/C19H27N3O2/c1-5-24-18-9-6-16(7-10-18)8-11-19(23)22(15(2)3)14-17-12-20-21(4)13-17/h6-7,9-10,12-13,15H,5,8,11,14H2,1-4H3. The van der Waals surface area contributed by atoms with Crippen molar-refractivity contribution in [3.05, 3.63) is 47.8 Å². The summed E-state index contributed by atoms with van der Waals surface area (Å²) in [4.78, 5) is 14.5. The van der Waals surface area contributed by atoms with Crippen LogP contribution in [-0.4, -0.2) is 33.2 Å². The van der Waals surface area contributed by atoms with Gasteiger partial charge in [-0.1, -0.05) is 12.1 Å². The number of aromatic nitrogens is 2. The molecule has 0 N–H and O–H groups in total. The zero-order chi connectivity index (χ0) is 17.5. The van der Waals surface area contributed by atoms with Gasteiger partial charge >= 0.3 is 0 Å². The third-order valence-electron chi connectivity index (χ3n) is 3.92. The zero-order valence-corrected chi connectivity index (χ0v) is 15.0. The molecule has 130 valence electrons. The van der Waals surface area contributed by atoms with Gasteiger partial charge < -0.3 is 9.64 Å². The van der Waals surface area contributed by atoms with Gasteiger partial charge in [0.2, 0.25) is 5.91 Å². The molecule has 2 rings (SSSR count). The van der Waals surface area contributed by atoms with E-state index in [9.17, 15) is 4.79 Å². The van der Waals surface area contributed by atoms with Gasteiger partial charge in [-0.3, -0.25) is 9.48 Å². The minimum Gasteiger partial charge on any atom is -0.494 e. The van der Waals surface area contributed by atoms with Crippen molar-refractivity contribution in [2.45, 2.75) is 46.2 Å². The van der Waals surface area contributed by atoms with Crippen LogP contribution in [0.5, 0.6) is 5.75 Å². The summed E-state index contributed by atoms with van der Waals surface area (Å²) in [6, 6.07) is 8.13. The van der Waals surface area contributed by atoms with Crippen molar-refractivity contribution in [1.82, 2.24) is 14.7 Å². The van der Waals surface area contributed by atoms with Gasteiger partial charge in [0.25, 0.3) is 0 Å². The van der Waals surface area contributed by atoms with E-state index < -0.39 is 0 Å². The van der Waals surface area contributed by atoms with Gasteiger partial charge in [0.15, 0.2) is 0 Å². The number of hydrogen-bond acceptors (Lipinski definition) is 3. The van der Waals surface area contributed by atoms with Gasteiger partial charge in [-0.2, -0.15) is 5.10 Å². The average Bonchev–Trinajstić information content (AvgIpc) is 2.97. The van der Waals surface area contributed by atoms with Crippen LogP contribution in [-0.2, 0) is 24.8 Å². The van der Waals surface area contributed by atoms with Gasteiger partial charge in [0, 0.05) is 37.8 Å². The van der Waals surface area contributed by atoms with E-state index in [2.05, 4.69) is 5.10 Å². The lowest BCUT2D eigenvalue weighted by Crippen LogP contribution is -2.36. The number of aryl methyl sites for hydroxylation is 2. The summed E-state index contributed by atoms with van der Waals surface area (Å²) < 4.78 is 7.20. The summed E-state index contributed by atoms with van der Waals surface area (Å²) in [6.07, 6.45) is 5.01. The second-order valence-electron chi connectivity index (χ2n) is 6.21. The molecule has 1 amide bonds. The SMILES string of the molecule is CCOc1ccc(CCC(=O)N(Cc2cnn(C)c2)C(C)C)cc1. The summed E-state index contributed by atoms with van der Waals surface area (Å²) in [6.45, 7) is 7.33. The third kappa shape index (κ3) is 5.11. The normalized spacial score (nSPS) is 10.9. The number of carbonyl (C=O) groups excluding carboxylic acids is 1. The number of carbonyl (C=O) groups is 1. The van der Waals surface area contributed by atoms with E-state index in [4.69, 9.17) is 4.74 Å². The maximum absolute atomic E-state index is 12.6. The third-order valence-corrected chi connectivity index (χ3v) is 3.92. The van der Waals surface area contributed by atoms with Crippen molar-refractivity contribution >= 4 is 5.91 Å². The molecule has 0 radical (unpaired) electrons. The molecule has 2 aromatic rings. The first kappa shape index (κ1) is 18.0. The summed E-state index contributed by atoms with van der Waals surface area (Å²) >= 11 is 0. The molecule has 1 aromatic heterocycles. The molecule has 0 saturated heterocycles. The van der Waals surface area contributed by atoms with Gasteiger partial charge in [-0.15, -0.1) is 0 Å². The summed E-state index contributed by atoms with van der Waals surface area (Å²) in [7, 11) is 1.89. The number of hydrogen-bond donors (Lipinski definition) is 0. The van der Waals surface area contributed by atoms with E-state index in [1.807, 2.05) is 69.4 Å². The topological polar surface area (TPSA) is 47.4 Å². The second-order valence-corrected chi connectivity index (χ2v) is 6.21. The lowest BCUT2D eigenvalue weighted by Gasteiger charge is -2.26. The van der Waals surface area contributed by atoms with Crippen molar-refractivity contribution in [3.8, 4) is 5.75 Å². The Morgan fingerprint density at radius 2 is 1.96 bits per heavy atom. The molecule has 0 spiro atoms. The fraction of sp³-hybridized carbons (Fsp3) is 0.474. The molecular formula is C19H27N3O2. The minimum atomic E-state index is 0.165. The van der Waals surface area contributed by atoms with Crippen molar-refractivity contribution in [3.63, 3.8) is 0 Å². The monoisotopic (exact) mass is 329 g/mol. The van der Waals surface area contributed by atoms with Crippen molar-refractivity contribution in [2.75, 3.05) is 6.61 Å². The summed E-state index contributed by atoms with van der Waals surface area (Å²) in [5.74, 6) is 1.04. The Hall–Kier alpha value is -2.30. The fourth-order valence-corrected chi connectivity index (χ4v) is 2.62. The van der Waals surface area contributed by atoms with Crippen LogP contribution in [0.3, 0.4) is 0 Å². The molecule has 5 nitrogen and oxygen atoms in total. The van der Waals surface area contributed by atoms with Gasteiger partial charge in [0.1, 0.15) is 5.75 Å². The van der Waals surface area contributed by atoms with E-state index in [0.717, 1.165) is 23.3 Å². The van der Waals surface area contributed by atoms with Crippen LogP contribution < -0.4 is 4.74 Å². The largest absolute Gasteiger partial charge is 0.494 e. The molecule has 0 bridgehead atoms. The predicted octanol–water partition coefficient (Wildman–Crippen LogP) is 3.19. The highest BCUT2D eigenvalue weighted by atomic mass is 16.5. The van der Waals surface area contributed by atoms with Crippen LogP contribution in [0.1, 0.15) is 38.3 Å². The maximum atomic E-state index is 12.6. The highest BCUT2D eigenvalue weighted by Crippen LogP contribution is 2.15. The first-order valence-electron chi connectivity index (χ1n) is 8.48. The van der Waals surface area contributed by atoms with E-state index >= 15 is 0 Å². The van der Waals surface area contributed by atoms with E-state index in [0.29, 0.717) is 19.6 Å². The number of benzene rings is 1. The number of rotatable bonds is 8. The van der Waals surface area contributed by atoms with E-state index in [-0.39, 0.29) is 11.9 Å². The molecular weight excluding hydrogens is 302 g/mol. The van der Waals surface area contributed by atoms with Crippen LogP contribution in [0.2, 0.25) is 0 Å². The van der Waals surface area contributed by atoms with Crippen molar-refractivity contribution < 1.29 is 9.53 Å². The van der Waals surface area contributed by atoms with Crippen molar-refractivity contribution in [2.24, 2.45) is 7.05 Å². The molecule has 1 heterocycles. The molecule has 0 saturated carbocycles. The first-order chi connectivity index (χ1) is 11.5. The van der Waals surface area contributed by atoms with Crippen LogP contribution in [0.4, 0.5) is 0 Å². The average molecular weight is 329 g/mol. The molecule has 24 heavy (non-hydrogen) atoms. The first-order valence-corrected chi connectivity index (χ1v) is 8.48. The molecule has 0 atom stereocenters. The highest BCUT2D eigenvalue weighted by molar-refractivity contribution is 5.76. The number of amides is 1. The predicted molar refractivity (Wildman–Crippen MR) is 94.8 cm³/mol. The van der Waals surface area contributed by atoms with Gasteiger partial charge in [0.05, 0.1) is 12.8 Å². The summed E-state index contributed by atoms with van der Waals surface area (Å²) in [5, 5.41) is 4.17. The molecule has 1 aromatic carbocycles. The Morgan fingerprint density at radius 3 is 2.50 bits per heavy atom. The quantitative estimate of drug-likeness (QED) is 0.747. The Kier molecular flexibility index (Phi) is 6.41. The molecule has 0 aliphatic rings. The van der Waals surface area contributed by atoms with Crippen molar-refractivity contribution in [1.29, 1.82) is 0 Å². The lowest BCUT2D eigenvalue weighted by atomic mass is 10.1. The van der Waals surface area contributed by atoms with E-state index in [1.54, 1.807) is 4.68 Å². The Balaban J connectivity index is 1.92. The van der Waals surface area contributed by atoms with Gasteiger partial charge in [-0.05, 0) is 44.9 Å². The molecule has 5 heteroatoms.